The molecular formula is C35H29F2N3O6S. The van der Waals surface area contributed by atoms with Gasteiger partial charge in [-0.2, -0.15) is 0 Å². The minimum Gasteiger partial charge on any atom is -0.467 e. The van der Waals surface area contributed by atoms with E-state index < -0.39 is 28.0 Å². The summed E-state index contributed by atoms with van der Waals surface area (Å²) >= 11 is 0. The molecule has 3 heterocycles. The van der Waals surface area contributed by atoms with E-state index in [0.29, 0.717) is 55.7 Å². The Bertz CT molecular complexity index is 2330. The minimum absolute atomic E-state index is 0.207. The zero-order valence-electron chi connectivity index (χ0n) is 25.8. The highest BCUT2D eigenvalue weighted by atomic mass is 32.2. The second-order valence-electron chi connectivity index (χ2n) is 11.3. The number of carbonyl (C=O) groups excluding carboxylic acids is 1. The number of benzene rings is 4. The Morgan fingerprint density at radius 3 is 2.43 bits per heavy atom. The van der Waals surface area contributed by atoms with Crippen LogP contribution in [0.25, 0.3) is 55.6 Å². The summed E-state index contributed by atoms with van der Waals surface area (Å²) < 4.78 is 75.5. The molecule has 0 saturated carbocycles. The molecule has 1 aliphatic rings. The molecule has 1 amide bonds. The summed E-state index contributed by atoms with van der Waals surface area (Å²) in [6, 6.07) is 20.9. The van der Waals surface area contributed by atoms with Crippen LogP contribution in [0.1, 0.15) is 16.6 Å². The molecule has 4 aromatic carbocycles. The monoisotopic (exact) mass is 657 g/mol. The third-order valence-corrected chi connectivity index (χ3v) is 9.65. The maximum absolute atomic E-state index is 15.0. The first-order valence-electron chi connectivity index (χ1n) is 14.6. The van der Waals surface area contributed by atoms with Gasteiger partial charge < -0.3 is 23.8 Å². The van der Waals surface area contributed by atoms with Gasteiger partial charge >= 0.3 is 0 Å². The van der Waals surface area contributed by atoms with Gasteiger partial charge in [-0.05, 0) is 66.2 Å². The van der Waals surface area contributed by atoms with Gasteiger partial charge in [-0.25, -0.2) is 17.2 Å². The van der Waals surface area contributed by atoms with Gasteiger partial charge in [0.05, 0.1) is 28.7 Å². The Morgan fingerprint density at radius 1 is 0.979 bits per heavy atom. The number of ether oxygens (including phenoxy) is 2. The zero-order valence-corrected chi connectivity index (χ0v) is 26.6. The van der Waals surface area contributed by atoms with E-state index in [4.69, 9.17) is 13.9 Å². The van der Waals surface area contributed by atoms with Crippen molar-refractivity contribution in [3.63, 3.8) is 0 Å². The number of nitrogens with one attached hydrogen (secondary N) is 1. The van der Waals surface area contributed by atoms with Crippen LogP contribution in [0.4, 0.5) is 14.5 Å². The van der Waals surface area contributed by atoms with E-state index in [9.17, 15) is 22.0 Å². The molecule has 0 saturated heterocycles. The first-order chi connectivity index (χ1) is 22.5. The maximum Gasteiger partial charge on any atom is 0.255 e. The van der Waals surface area contributed by atoms with E-state index in [0.717, 1.165) is 10.6 Å². The largest absolute Gasteiger partial charge is 0.467 e. The van der Waals surface area contributed by atoms with E-state index in [1.54, 1.807) is 43.5 Å². The predicted molar refractivity (Wildman–Crippen MR) is 176 cm³/mol. The van der Waals surface area contributed by atoms with Gasteiger partial charge in [0, 0.05) is 54.7 Å². The molecule has 6 aromatic rings. The van der Waals surface area contributed by atoms with Crippen LogP contribution in [0.2, 0.25) is 0 Å². The quantitative estimate of drug-likeness (QED) is 0.199. The first-order valence-corrected chi connectivity index (χ1v) is 16.5. The summed E-state index contributed by atoms with van der Waals surface area (Å²) in [5.74, 6) is -0.512. The van der Waals surface area contributed by atoms with Crippen LogP contribution >= 0.6 is 0 Å². The van der Waals surface area contributed by atoms with Crippen molar-refractivity contribution in [2.45, 2.75) is 6.23 Å². The lowest BCUT2D eigenvalue weighted by atomic mass is 9.96. The lowest BCUT2D eigenvalue weighted by Crippen LogP contribution is -2.25. The van der Waals surface area contributed by atoms with Crippen LogP contribution in [-0.4, -0.2) is 53.0 Å². The lowest BCUT2D eigenvalue weighted by Gasteiger charge is -2.30. The van der Waals surface area contributed by atoms with Crippen LogP contribution in [0.5, 0.6) is 5.75 Å². The number of amides is 1. The second kappa shape index (κ2) is 11.2. The fraction of sp³-hybridized carbons (Fsp3) is 0.171. The average Bonchev–Trinajstić information content (AvgIpc) is 3.63. The first kappa shape index (κ1) is 30.5. The molecule has 1 aliphatic heterocycles. The fourth-order valence-electron chi connectivity index (χ4n) is 6.14. The van der Waals surface area contributed by atoms with Crippen molar-refractivity contribution < 1.29 is 35.9 Å². The van der Waals surface area contributed by atoms with Gasteiger partial charge in [-0.3, -0.25) is 9.10 Å². The van der Waals surface area contributed by atoms with E-state index in [1.165, 1.54) is 44.4 Å². The van der Waals surface area contributed by atoms with Crippen molar-refractivity contribution in [2.24, 2.45) is 0 Å². The molecule has 47 heavy (non-hydrogen) atoms. The molecule has 1 unspecified atom stereocenters. The summed E-state index contributed by atoms with van der Waals surface area (Å²) in [5, 5.41) is 3.49. The highest BCUT2D eigenvalue weighted by Crippen LogP contribution is 2.47. The molecule has 1 atom stereocenters. The number of nitrogens with zero attached hydrogens (tertiary/aromatic N) is 2. The number of fused-ring (bicyclic) bond motifs is 6. The normalized spacial score (nSPS) is 14.1. The van der Waals surface area contributed by atoms with Gasteiger partial charge in [0.25, 0.3) is 5.91 Å². The van der Waals surface area contributed by atoms with Crippen molar-refractivity contribution in [1.29, 1.82) is 0 Å². The van der Waals surface area contributed by atoms with Crippen molar-refractivity contribution in [1.82, 2.24) is 9.88 Å². The molecule has 0 spiro atoms. The standard InChI is InChI=1S/C35H29F2N3O6S/c1-38-35(41)33-25-15-22(28(39(2)47(4,42)43)17-31(25)46-34(33)19-8-11-21(36)12-9-19)20-10-13-30-24(14-20)29-16-23-26(37)6-5-7-27(23)40(29)32(45-30)18-44-3/h5-17,32H,18H2,1-4H3,(H,38,41). The molecule has 0 radical (unpaired) electrons. The molecule has 0 bridgehead atoms. The highest BCUT2D eigenvalue weighted by Gasteiger charge is 2.30. The Hall–Kier alpha value is -5.20. The van der Waals surface area contributed by atoms with Crippen LogP contribution in [0, 0.1) is 11.6 Å². The van der Waals surface area contributed by atoms with Gasteiger partial charge in [0.2, 0.25) is 10.0 Å². The van der Waals surface area contributed by atoms with Crippen LogP contribution in [0.15, 0.2) is 83.3 Å². The number of rotatable bonds is 7. The van der Waals surface area contributed by atoms with Crippen LogP contribution < -0.4 is 14.4 Å². The van der Waals surface area contributed by atoms with Crippen LogP contribution in [0.3, 0.4) is 0 Å². The lowest BCUT2D eigenvalue weighted by molar-refractivity contribution is 0.0361. The summed E-state index contributed by atoms with van der Waals surface area (Å²) in [6.07, 6.45) is 0.536. The Morgan fingerprint density at radius 2 is 1.72 bits per heavy atom. The van der Waals surface area contributed by atoms with Gasteiger partial charge in [-0.15, -0.1) is 0 Å². The zero-order chi connectivity index (χ0) is 33.2. The maximum atomic E-state index is 15.0. The van der Waals surface area contributed by atoms with E-state index in [2.05, 4.69) is 5.32 Å². The summed E-state index contributed by atoms with van der Waals surface area (Å²) in [5.41, 5.74) is 4.32. The Labute approximate surface area is 269 Å². The highest BCUT2D eigenvalue weighted by molar-refractivity contribution is 7.92. The number of methoxy groups -OCH3 is 1. The van der Waals surface area contributed by atoms with Gasteiger partial charge in [-0.1, -0.05) is 12.1 Å². The predicted octanol–water partition coefficient (Wildman–Crippen LogP) is 6.96. The van der Waals surface area contributed by atoms with E-state index in [-0.39, 0.29) is 29.3 Å². The topological polar surface area (TPSA) is 103 Å². The molecule has 9 nitrogen and oxygen atoms in total. The number of sulfonamides is 1. The second-order valence-corrected chi connectivity index (χ2v) is 13.3. The van der Waals surface area contributed by atoms with Crippen molar-refractivity contribution >= 4 is 43.5 Å². The van der Waals surface area contributed by atoms with Gasteiger partial charge in [0.1, 0.15) is 35.3 Å². The van der Waals surface area contributed by atoms with E-state index >= 15 is 0 Å². The number of aromatic nitrogens is 1. The molecule has 7 rings (SSSR count). The number of carbonyl (C=O) groups is 1. The number of furan rings is 1. The minimum atomic E-state index is -3.75. The number of hydrogen-bond donors (Lipinski definition) is 1. The molecule has 1 N–H and O–H groups in total. The Kier molecular flexibility index (Phi) is 7.29. The fourth-order valence-corrected chi connectivity index (χ4v) is 6.65. The summed E-state index contributed by atoms with van der Waals surface area (Å²) in [6.45, 7) is 0.216. The SMILES string of the molecule is CNC(=O)c1c(-c2ccc(F)cc2)oc2cc(N(C)S(C)(=O)=O)c(-c3ccc4c(c3)-c3cc5c(F)cccc5n3C(COC)O4)cc12. The smallest absolute Gasteiger partial charge is 0.255 e. The van der Waals surface area contributed by atoms with Crippen molar-refractivity contribution in [2.75, 3.05) is 38.4 Å². The van der Waals surface area contributed by atoms with Crippen molar-refractivity contribution in [3.8, 4) is 39.5 Å². The number of hydrogen-bond acceptors (Lipinski definition) is 6. The third-order valence-electron chi connectivity index (χ3n) is 8.46. The molecule has 12 heteroatoms. The van der Waals surface area contributed by atoms with Crippen molar-refractivity contribution in [3.05, 3.63) is 96.1 Å². The molecule has 0 fully saturated rings. The van der Waals surface area contributed by atoms with Gasteiger partial charge in [0.15, 0.2) is 6.23 Å². The summed E-state index contributed by atoms with van der Waals surface area (Å²) in [7, 11) is 0.734. The average molecular weight is 658 g/mol. The summed E-state index contributed by atoms with van der Waals surface area (Å²) in [4.78, 5) is 13.3. The molecule has 2 aromatic heterocycles. The molecule has 240 valence electrons. The van der Waals surface area contributed by atoms with Crippen LogP contribution in [-0.2, 0) is 14.8 Å². The van der Waals surface area contributed by atoms with E-state index in [1.807, 2.05) is 16.7 Å². The molecular weight excluding hydrogens is 628 g/mol. The number of anilines is 1. The number of halogens is 2. The Balaban J connectivity index is 1.49. The third kappa shape index (κ3) is 5.00. The molecule has 0 aliphatic carbocycles.